The molecule has 0 saturated carbocycles. The number of ether oxygens (including phenoxy) is 1. The molecule has 176 valence electrons. The zero-order valence-electron chi connectivity index (χ0n) is 18.6. The molecule has 0 spiro atoms. The summed E-state index contributed by atoms with van der Waals surface area (Å²) in [5.74, 6) is 0.263. The van der Waals surface area contributed by atoms with E-state index >= 15 is 0 Å². The van der Waals surface area contributed by atoms with Gasteiger partial charge in [0.2, 0.25) is 5.75 Å². The summed E-state index contributed by atoms with van der Waals surface area (Å²) in [5.41, 5.74) is 0.958. The Balaban J connectivity index is 1.58. The van der Waals surface area contributed by atoms with Gasteiger partial charge in [0.25, 0.3) is 10.0 Å². The minimum absolute atomic E-state index is 0.263. The molecular weight excluding hydrogens is 460 g/mol. The molecule has 10 heteroatoms. The zero-order valence-corrected chi connectivity index (χ0v) is 20.2. The van der Waals surface area contributed by atoms with Crippen LogP contribution in [0.1, 0.15) is 26.2 Å². The molecule has 2 aromatic heterocycles. The first-order valence-electron chi connectivity index (χ1n) is 11.1. The smallest absolute Gasteiger partial charge is 0.316 e. The molecule has 1 aliphatic rings. The van der Waals surface area contributed by atoms with Crippen molar-refractivity contribution in [1.29, 1.82) is 0 Å². The van der Waals surface area contributed by atoms with Crippen LogP contribution in [0.4, 0.5) is 5.69 Å². The fraction of sp³-hybridized carbons (Fsp3) is 0.391. The third-order valence-electron chi connectivity index (χ3n) is 5.58. The fourth-order valence-corrected chi connectivity index (χ4v) is 6.34. The SMILES string of the molecule is CCCCCOc1c(N2CCN(S(=O)(=O)c3cccs3)CC2)cnn(-c2ccccc2)c1=O. The Morgan fingerprint density at radius 2 is 1.79 bits per heavy atom. The maximum atomic E-state index is 13.3. The fourth-order valence-electron chi connectivity index (χ4n) is 3.78. The molecule has 0 atom stereocenters. The molecule has 0 N–H and O–H groups in total. The molecule has 0 bridgehead atoms. The quantitative estimate of drug-likeness (QED) is 0.430. The highest BCUT2D eigenvalue weighted by Crippen LogP contribution is 2.28. The van der Waals surface area contributed by atoms with Gasteiger partial charge < -0.3 is 9.64 Å². The van der Waals surface area contributed by atoms with Crippen molar-refractivity contribution in [3.8, 4) is 11.4 Å². The van der Waals surface area contributed by atoms with Gasteiger partial charge in [-0.3, -0.25) is 4.79 Å². The normalized spacial score (nSPS) is 15.0. The minimum atomic E-state index is -3.49. The van der Waals surface area contributed by atoms with E-state index in [2.05, 4.69) is 12.0 Å². The van der Waals surface area contributed by atoms with E-state index in [9.17, 15) is 13.2 Å². The highest BCUT2D eigenvalue weighted by Gasteiger charge is 2.31. The van der Waals surface area contributed by atoms with Crippen LogP contribution >= 0.6 is 11.3 Å². The Bertz CT molecular complexity index is 1200. The van der Waals surface area contributed by atoms with Crippen molar-refractivity contribution in [2.24, 2.45) is 0 Å². The summed E-state index contributed by atoms with van der Waals surface area (Å²) in [6.45, 7) is 4.12. The molecule has 1 aromatic carbocycles. The van der Waals surface area contributed by atoms with E-state index in [1.54, 1.807) is 23.7 Å². The first kappa shape index (κ1) is 23.5. The lowest BCUT2D eigenvalue weighted by atomic mass is 10.2. The van der Waals surface area contributed by atoms with Gasteiger partial charge in [0, 0.05) is 26.2 Å². The number of piperazine rings is 1. The van der Waals surface area contributed by atoms with Gasteiger partial charge in [-0.15, -0.1) is 11.3 Å². The number of sulfonamides is 1. The third-order valence-corrected chi connectivity index (χ3v) is 8.85. The zero-order chi connectivity index (χ0) is 23.3. The van der Waals surface area contributed by atoms with Crippen LogP contribution in [0.2, 0.25) is 0 Å². The van der Waals surface area contributed by atoms with Crippen molar-refractivity contribution in [3.05, 3.63) is 64.4 Å². The topological polar surface area (TPSA) is 84.7 Å². The lowest BCUT2D eigenvalue weighted by Gasteiger charge is -2.35. The van der Waals surface area contributed by atoms with Gasteiger partial charge in [-0.2, -0.15) is 14.1 Å². The van der Waals surface area contributed by atoms with E-state index in [4.69, 9.17) is 4.74 Å². The van der Waals surface area contributed by atoms with Crippen molar-refractivity contribution in [3.63, 3.8) is 0 Å². The first-order valence-corrected chi connectivity index (χ1v) is 13.4. The highest BCUT2D eigenvalue weighted by atomic mass is 32.2. The number of anilines is 1. The Kier molecular flexibility index (Phi) is 7.46. The summed E-state index contributed by atoms with van der Waals surface area (Å²) < 4.78 is 34.9. The number of hydrogen-bond acceptors (Lipinski definition) is 7. The summed E-state index contributed by atoms with van der Waals surface area (Å²) in [4.78, 5) is 15.3. The largest absolute Gasteiger partial charge is 0.486 e. The number of nitrogens with zero attached hydrogens (tertiary/aromatic N) is 4. The van der Waals surface area contributed by atoms with E-state index in [0.717, 1.165) is 19.3 Å². The molecule has 0 radical (unpaired) electrons. The molecule has 3 aromatic rings. The lowest BCUT2D eigenvalue weighted by molar-refractivity contribution is 0.298. The molecule has 0 aliphatic carbocycles. The average molecular weight is 489 g/mol. The van der Waals surface area contributed by atoms with Crippen molar-refractivity contribution in [2.75, 3.05) is 37.7 Å². The van der Waals surface area contributed by atoms with E-state index in [1.807, 2.05) is 35.2 Å². The molecule has 3 heterocycles. The van der Waals surface area contributed by atoms with Crippen LogP contribution in [0.3, 0.4) is 0 Å². The predicted octanol–water partition coefficient (Wildman–Crippen LogP) is 3.37. The first-order chi connectivity index (χ1) is 16.0. The van der Waals surface area contributed by atoms with Gasteiger partial charge in [-0.1, -0.05) is 44.0 Å². The molecule has 1 aliphatic heterocycles. The number of hydrogen-bond donors (Lipinski definition) is 0. The standard InChI is InChI=1S/C23H28N4O4S2/c1-2-3-7-16-31-22-20(18-24-27(23(22)28)19-9-5-4-6-10-19)25-12-14-26(15-13-25)33(29,30)21-11-8-17-32-21/h4-6,8-11,17-18H,2-3,7,12-16H2,1H3. The maximum absolute atomic E-state index is 13.3. The van der Waals surface area contributed by atoms with Crippen LogP contribution in [0.25, 0.3) is 5.69 Å². The number of benzene rings is 1. The second kappa shape index (κ2) is 10.5. The predicted molar refractivity (Wildman–Crippen MR) is 130 cm³/mol. The van der Waals surface area contributed by atoms with E-state index in [-0.39, 0.29) is 11.3 Å². The lowest BCUT2D eigenvalue weighted by Crippen LogP contribution is -2.49. The van der Waals surface area contributed by atoms with Gasteiger partial charge in [0.05, 0.1) is 18.5 Å². The summed E-state index contributed by atoms with van der Waals surface area (Å²) in [7, 11) is -3.49. The molecule has 4 rings (SSSR count). The van der Waals surface area contributed by atoms with E-state index in [1.165, 1.54) is 20.3 Å². The highest BCUT2D eigenvalue weighted by molar-refractivity contribution is 7.91. The summed E-state index contributed by atoms with van der Waals surface area (Å²) in [6, 6.07) is 12.6. The number of aromatic nitrogens is 2. The van der Waals surface area contributed by atoms with Crippen LogP contribution < -0.4 is 15.2 Å². The minimum Gasteiger partial charge on any atom is -0.486 e. The van der Waals surface area contributed by atoms with Crippen LogP contribution in [-0.4, -0.2) is 55.3 Å². The average Bonchev–Trinajstić information content (AvgIpc) is 3.39. The second-order valence-corrected chi connectivity index (χ2v) is 10.9. The number of unbranched alkanes of at least 4 members (excludes halogenated alkanes) is 2. The van der Waals surface area contributed by atoms with E-state index < -0.39 is 10.0 Å². The van der Waals surface area contributed by atoms with Gasteiger partial charge >= 0.3 is 5.56 Å². The molecular formula is C23H28N4O4S2. The van der Waals surface area contributed by atoms with Crippen LogP contribution in [0, 0.1) is 0 Å². The summed E-state index contributed by atoms with van der Waals surface area (Å²) in [5, 5.41) is 6.15. The summed E-state index contributed by atoms with van der Waals surface area (Å²) in [6.07, 6.45) is 4.58. The second-order valence-electron chi connectivity index (χ2n) is 7.79. The Labute approximate surface area is 198 Å². The molecule has 8 nitrogen and oxygen atoms in total. The molecule has 0 amide bonds. The third kappa shape index (κ3) is 5.13. The molecule has 0 unspecified atom stereocenters. The molecule has 1 saturated heterocycles. The number of rotatable bonds is 9. The Morgan fingerprint density at radius 1 is 1.03 bits per heavy atom. The van der Waals surface area contributed by atoms with Crippen molar-refractivity contribution >= 4 is 27.0 Å². The van der Waals surface area contributed by atoms with E-state index in [0.29, 0.717) is 48.4 Å². The monoisotopic (exact) mass is 488 g/mol. The summed E-state index contributed by atoms with van der Waals surface area (Å²) >= 11 is 1.22. The van der Waals surface area contributed by atoms with Crippen LogP contribution in [-0.2, 0) is 10.0 Å². The van der Waals surface area contributed by atoms with Gasteiger partial charge in [-0.25, -0.2) is 8.42 Å². The Morgan fingerprint density at radius 3 is 2.45 bits per heavy atom. The van der Waals surface area contributed by atoms with Crippen LogP contribution in [0.15, 0.2) is 63.0 Å². The van der Waals surface area contributed by atoms with Gasteiger partial charge in [0.1, 0.15) is 9.90 Å². The van der Waals surface area contributed by atoms with Crippen LogP contribution in [0.5, 0.6) is 5.75 Å². The number of thiophene rings is 1. The Hall–Kier alpha value is -2.69. The number of para-hydroxylation sites is 1. The molecule has 1 fully saturated rings. The van der Waals surface area contributed by atoms with Gasteiger partial charge in [-0.05, 0) is 30.0 Å². The molecule has 33 heavy (non-hydrogen) atoms. The van der Waals surface area contributed by atoms with Crippen molar-refractivity contribution in [2.45, 2.75) is 30.4 Å². The van der Waals surface area contributed by atoms with Crippen molar-refractivity contribution < 1.29 is 13.2 Å². The van der Waals surface area contributed by atoms with Crippen molar-refractivity contribution in [1.82, 2.24) is 14.1 Å². The van der Waals surface area contributed by atoms with Gasteiger partial charge in [0.15, 0.2) is 0 Å². The maximum Gasteiger partial charge on any atom is 0.316 e.